The van der Waals surface area contributed by atoms with E-state index in [4.69, 9.17) is 47.4 Å². The number of methoxy groups -OCH3 is 1. The molecule has 338 valence electrons. The number of carbonyl (C=O) groups excluding carboxylic acids is 2. The Morgan fingerprint density at radius 2 is 1.71 bits per heavy atom. The number of carbonyl (C=O) groups is 2. The standard InChI is InChI=1S/C44H75N3O12/c1-15-33-44(10)31(17-20-52-44)29(6)47(13)24-25(2)22-43(9)37(58-40-36(57-41(49)59-43)32(46(11)12)21-26(3)53-40)27(4)35(28(5)39(48)55-33)56-34-23-42(8,50-14)38(30(7)54-34)51-19-16-18-45/h25-38,40H,15-17,19-24H2,1-14H3/t25-,26-,27+,28-,29-,30+,31-,32+,33-,34+,35?,36-,37-,38+,40+,42-,43-,44+/m1/s1. The Balaban J connectivity index is 1.61. The molecule has 0 bridgehead atoms. The van der Waals surface area contributed by atoms with Crippen molar-refractivity contribution in [1.29, 1.82) is 5.26 Å². The summed E-state index contributed by atoms with van der Waals surface area (Å²) >= 11 is 0. The second-order valence-corrected chi connectivity index (χ2v) is 19.1. The van der Waals surface area contributed by atoms with Gasteiger partial charge in [-0.2, -0.15) is 5.26 Å². The number of cyclic esters (lactones) is 1. The summed E-state index contributed by atoms with van der Waals surface area (Å²) in [4.78, 5) is 33.1. The van der Waals surface area contributed by atoms with Crippen molar-refractivity contribution >= 4 is 12.1 Å². The molecule has 15 nitrogen and oxygen atoms in total. The van der Waals surface area contributed by atoms with Crippen molar-refractivity contribution in [2.45, 2.75) is 192 Å². The van der Waals surface area contributed by atoms with Crippen LogP contribution < -0.4 is 0 Å². The molecule has 5 aliphatic rings. The third-order valence-corrected chi connectivity index (χ3v) is 14.3. The fourth-order valence-electron chi connectivity index (χ4n) is 11.0. The molecule has 0 aromatic heterocycles. The quantitative estimate of drug-likeness (QED) is 0.216. The van der Waals surface area contributed by atoms with E-state index < -0.39 is 90.0 Å². The predicted molar refractivity (Wildman–Crippen MR) is 217 cm³/mol. The molecule has 0 saturated carbocycles. The van der Waals surface area contributed by atoms with E-state index in [1.807, 2.05) is 67.5 Å². The van der Waals surface area contributed by atoms with E-state index in [2.05, 4.69) is 38.8 Å². The van der Waals surface area contributed by atoms with Gasteiger partial charge in [0.2, 0.25) is 0 Å². The van der Waals surface area contributed by atoms with Gasteiger partial charge in [0.25, 0.3) is 0 Å². The van der Waals surface area contributed by atoms with Gasteiger partial charge < -0.3 is 57.2 Å². The van der Waals surface area contributed by atoms with Crippen LogP contribution in [0.1, 0.15) is 108 Å². The first-order valence-corrected chi connectivity index (χ1v) is 22.0. The Bertz CT molecular complexity index is 1470. The van der Waals surface area contributed by atoms with Crippen molar-refractivity contribution in [3.8, 4) is 6.07 Å². The number of nitrogens with zero attached hydrogens (tertiary/aromatic N) is 3. The van der Waals surface area contributed by atoms with Gasteiger partial charge in [0.15, 0.2) is 18.7 Å². The summed E-state index contributed by atoms with van der Waals surface area (Å²) in [6.45, 7) is 21.5. The molecular formula is C44H75N3O12. The number of rotatable bonds is 8. The maximum absolute atomic E-state index is 14.7. The lowest BCUT2D eigenvalue weighted by Crippen LogP contribution is -2.63. The van der Waals surface area contributed by atoms with E-state index in [-0.39, 0.29) is 49.5 Å². The maximum Gasteiger partial charge on any atom is 0.509 e. The van der Waals surface area contributed by atoms with Gasteiger partial charge >= 0.3 is 12.1 Å². The molecule has 0 amide bonds. The molecule has 0 radical (unpaired) electrons. The molecule has 18 atom stereocenters. The Morgan fingerprint density at radius 3 is 2.36 bits per heavy atom. The van der Waals surface area contributed by atoms with Gasteiger partial charge in [0, 0.05) is 44.6 Å². The number of nitriles is 1. The normalized spacial score (nSPS) is 46.8. The van der Waals surface area contributed by atoms with Crippen LogP contribution in [-0.2, 0) is 52.2 Å². The minimum absolute atomic E-state index is 0.0211. The molecule has 15 heteroatoms. The molecule has 5 heterocycles. The Hall–Kier alpha value is -2.13. The van der Waals surface area contributed by atoms with Crippen LogP contribution in [-0.4, -0.2) is 154 Å². The zero-order valence-electron chi connectivity index (χ0n) is 38.3. The van der Waals surface area contributed by atoms with Crippen LogP contribution in [0.2, 0.25) is 0 Å². The topological polar surface area (TPSA) is 157 Å². The molecule has 5 fully saturated rings. The number of hydrogen-bond donors (Lipinski definition) is 0. The summed E-state index contributed by atoms with van der Waals surface area (Å²) in [5, 5.41) is 9.18. The van der Waals surface area contributed by atoms with E-state index in [1.54, 1.807) is 7.11 Å². The van der Waals surface area contributed by atoms with Crippen molar-refractivity contribution in [1.82, 2.24) is 9.80 Å². The fourth-order valence-corrected chi connectivity index (χ4v) is 11.0. The Labute approximate surface area is 353 Å². The van der Waals surface area contributed by atoms with Crippen LogP contribution >= 0.6 is 0 Å². The van der Waals surface area contributed by atoms with Gasteiger partial charge in [-0.25, -0.2) is 4.79 Å². The number of esters is 1. The average molecular weight is 838 g/mol. The van der Waals surface area contributed by atoms with Crippen molar-refractivity contribution < 1.29 is 57.0 Å². The van der Waals surface area contributed by atoms with Crippen molar-refractivity contribution in [2.75, 3.05) is 48.0 Å². The number of hydrogen-bond acceptors (Lipinski definition) is 15. The molecule has 0 aliphatic carbocycles. The largest absolute Gasteiger partial charge is 0.509 e. The van der Waals surface area contributed by atoms with Gasteiger partial charge in [0.1, 0.15) is 29.5 Å². The molecule has 5 saturated heterocycles. The zero-order valence-corrected chi connectivity index (χ0v) is 38.3. The molecule has 5 rings (SSSR count). The van der Waals surface area contributed by atoms with E-state index in [0.717, 1.165) is 6.42 Å². The molecule has 0 spiro atoms. The first-order valence-electron chi connectivity index (χ1n) is 22.0. The van der Waals surface area contributed by atoms with Crippen LogP contribution in [0.5, 0.6) is 0 Å². The highest BCUT2D eigenvalue weighted by molar-refractivity contribution is 5.73. The summed E-state index contributed by atoms with van der Waals surface area (Å²) in [7, 11) is 7.63. The van der Waals surface area contributed by atoms with Crippen LogP contribution in [0.25, 0.3) is 0 Å². The van der Waals surface area contributed by atoms with Gasteiger partial charge in [-0.3, -0.25) is 4.79 Å². The van der Waals surface area contributed by atoms with E-state index in [9.17, 15) is 14.9 Å². The third kappa shape index (κ3) is 10.2. The SMILES string of the molecule is CC[C@H]1OC(=O)[C@H](C)C(O[C@H]2C[C@@](C)(OC)[C@@H](OCCC#N)[C@H](C)O2)[C@H](C)[C@H]2O[C@@H]3O[C@H](C)C[C@H](N(C)C)[C@H]3OC(=O)O[C@]2(C)C[C@@H](C)CN(C)[C@H](C)[C@H]2CCO[C@@]21C. The molecule has 0 aromatic carbocycles. The summed E-state index contributed by atoms with van der Waals surface area (Å²) in [5.41, 5.74) is -2.82. The maximum atomic E-state index is 14.7. The van der Waals surface area contributed by atoms with Gasteiger partial charge in [-0.05, 0) is 101 Å². The van der Waals surface area contributed by atoms with Crippen LogP contribution in [0.4, 0.5) is 4.79 Å². The molecular weight excluding hydrogens is 762 g/mol. The molecule has 1 unspecified atom stereocenters. The number of likely N-dealkylation sites (N-methyl/N-ethyl adjacent to an activating group) is 1. The second-order valence-electron chi connectivity index (χ2n) is 19.1. The smallest absolute Gasteiger partial charge is 0.459 e. The van der Waals surface area contributed by atoms with Gasteiger partial charge in [-0.1, -0.05) is 20.8 Å². The third-order valence-electron chi connectivity index (χ3n) is 14.3. The predicted octanol–water partition coefficient (Wildman–Crippen LogP) is 5.70. The lowest BCUT2D eigenvalue weighted by molar-refractivity contribution is -0.330. The molecule has 0 N–H and O–H groups in total. The minimum atomic E-state index is -1.26. The minimum Gasteiger partial charge on any atom is -0.459 e. The average Bonchev–Trinajstić information content (AvgIpc) is 3.56. The summed E-state index contributed by atoms with van der Waals surface area (Å²) in [6, 6.07) is 2.02. The molecule has 5 aliphatic heterocycles. The molecule has 0 aromatic rings. The second kappa shape index (κ2) is 19.5. The summed E-state index contributed by atoms with van der Waals surface area (Å²) in [6.07, 6.45) is -3.80. The summed E-state index contributed by atoms with van der Waals surface area (Å²) < 4.78 is 65.1. The Morgan fingerprint density at radius 1 is 1.00 bits per heavy atom. The Kier molecular flexibility index (Phi) is 15.8. The van der Waals surface area contributed by atoms with E-state index in [0.29, 0.717) is 32.4 Å². The fraction of sp³-hybridized carbons (Fsp3) is 0.932. The lowest BCUT2D eigenvalue weighted by Gasteiger charge is -2.51. The highest BCUT2D eigenvalue weighted by atomic mass is 16.8. The van der Waals surface area contributed by atoms with Crippen LogP contribution in [0, 0.1) is 35.0 Å². The van der Waals surface area contributed by atoms with E-state index in [1.165, 1.54) is 0 Å². The van der Waals surface area contributed by atoms with Crippen molar-refractivity contribution in [3.05, 3.63) is 0 Å². The summed E-state index contributed by atoms with van der Waals surface area (Å²) in [5.74, 6) is -1.78. The number of ether oxygens (including phenoxy) is 10. The van der Waals surface area contributed by atoms with Crippen molar-refractivity contribution in [3.63, 3.8) is 0 Å². The van der Waals surface area contributed by atoms with Crippen LogP contribution in [0.15, 0.2) is 0 Å². The van der Waals surface area contributed by atoms with Crippen LogP contribution in [0.3, 0.4) is 0 Å². The number of fused-ring (bicyclic) bond motifs is 3. The molecule has 59 heavy (non-hydrogen) atoms. The van der Waals surface area contributed by atoms with Crippen molar-refractivity contribution in [2.24, 2.45) is 23.7 Å². The highest BCUT2D eigenvalue weighted by Crippen LogP contribution is 2.45. The van der Waals surface area contributed by atoms with E-state index >= 15 is 0 Å². The first-order chi connectivity index (χ1) is 27.7. The van der Waals surface area contributed by atoms with Gasteiger partial charge in [0.05, 0.1) is 55.0 Å². The van der Waals surface area contributed by atoms with Gasteiger partial charge in [-0.15, -0.1) is 0 Å². The highest BCUT2D eigenvalue weighted by Gasteiger charge is 2.57. The lowest BCUT2D eigenvalue weighted by atomic mass is 9.77. The monoisotopic (exact) mass is 838 g/mol. The zero-order chi connectivity index (χ0) is 43.6. The first kappa shape index (κ1) is 47.9.